The van der Waals surface area contributed by atoms with Crippen molar-refractivity contribution >= 4 is 28.2 Å². The summed E-state index contributed by atoms with van der Waals surface area (Å²) >= 11 is 1.57. The van der Waals surface area contributed by atoms with Gasteiger partial charge in [-0.15, -0.1) is 10.2 Å². The van der Waals surface area contributed by atoms with Crippen LogP contribution in [0.3, 0.4) is 0 Å². The lowest BCUT2D eigenvalue weighted by atomic mass is 10.1. The molecule has 0 saturated heterocycles. The van der Waals surface area contributed by atoms with E-state index in [4.69, 9.17) is 5.73 Å². The molecule has 2 aromatic heterocycles. The van der Waals surface area contributed by atoms with E-state index in [0.29, 0.717) is 0 Å². The van der Waals surface area contributed by atoms with E-state index >= 15 is 0 Å². The third-order valence-electron chi connectivity index (χ3n) is 2.90. The zero-order chi connectivity index (χ0) is 13.4. The molecule has 2 N–H and O–H groups in total. The Morgan fingerprint density at radius 2 is 2.11 bits per heavy atom. The van der Waals surface area contributed by atoms with Crippen molar-refractivity contribution in [3.05, 3.63) is 36.4 Å². The molecular weight excluding hydrogens is 258 g/mol. The number of rotatable bonds is 2. The van der Waals surface area contributed by atoms with Gasteiger partial charge in [-0.05, 0) is 36.9 Å². The molecule has 5 nitrogen and oxygen atoms in total. The average Bonchev–Trinajstić information content (AvgIpc) is 2.78. The Morgan fingerprint density at radius 3 is 2.84 bits per heavy atom. The molecule has 0 unspecified atom stereocenters. The monoisotopic (exact) mass is 271 g/mol. The van der Waals surface area contributed by atoms with E-state index in [-0.39, 0.29) is 0 Å². The number of benzene rings is 1. The number of hydrogen-bond acceptors (Lipinski definition) is 5. The minimum atomic E-state index is 0.741. The van der Waals surface area contributed by atoms with Crippen molar-refractivity contribution in [1.82, 2.24) is 19.7 Å². The number of anilines is 1. The van der Waals surface area contributed by atoms with E-state index in [9.17, 15) is 0 Å². The van der Waals surface area contributed by atoms with Crippen LogP contribution in [-0.4, -0.2) is 19.7 Å². The van der Waals surface area contributed by atoms with Crippen molar-refractivity contribution < 1.29 is 0 Å². The Kier molecular flexibility index (Phi) is 2.87. The number of aromatic nitrogens is 4. The maximum Gasteiger partial charge on any atom is 0.195 e. The molecule has 0 radical (unpaired) electrons. The normalized spacial score (nSPS) is 11.1. The third-order valence-corrected chi connectivity index (χ3v) is 4.03. The summed E-state index contributed by atoms with van der Waals surface area (Å²) in [6.45, 7) is 1.97. The van der Waals surface area contributed by atoms with E-state index in [1.807, 2.05) is 42.9 Å². The van der Waals surface area contributed by atoms with Crippen LogP contribution >= 0.6 is 11.8 Å². The lowest BCUT2D eigenvalue weighted by molar-refractivity contribution is 0.789. The van der Waals surface area contributed by atoms with Gasteiger partial charge in [0.2, 0.25) is 0 Å². The zero-order valence-corrected chi connectivity index (χ0v) is 11.5. The number of nitrogens with zero attached hydrogens (tertiary/aromatic N) is 4. The largest absolute Gasteiger partial charge is 0.398 e. The molecule has 0 aliphatic heterocycles. The van der Waals surface area contributed by atoms with Gasteiger partial charge in [0.25, 0.3) is 0 Å². The minimum absolute atomic E-state index is 0.741. The van der Waals surface area contributed by atoms with Gasteiger partial charge < -0.3 is 10.3 Å². The average molecular weight is 271 g/mol. The van der Waals surface area contributed by atoms with Crippen LogP contribution in [0.2, 0.25) is 0 Å². The summed E-state index contributed by atoms with van der Waals surface area (Å²) in [5, 5.41) is 10.9. The molecule has 3 rings (SSSR count). The van der Waals surface area contributed by atoms with Gasteiger partial charge in [-0.1, -0.05) is 0 Å². The molecule has 0 aliphatic rings. The molecule has 0 atom stereocenters. The van der Waals surface area contributed by atoms with Crippen molar-refractivity contribution in [2.75, 3.05) is 5.73 Å². The Bertz CT molecular complexity index is 750. The summed E-state index contributed by atoms with van der Waals surface area (Å²) in [4.78, 5) is 5.40. The number of aryl methyl sites for hydroxylation is 2. The lowest BCUT2D eigenvalue weighted by Crippen LogP contribution is -1.92. The summed E-state index contributed by atoms with van der Waals surface area (Å²) in [6, 6.07) is 5.96. The van der Waals surface area contributed by atoms with Crippen molar-refractivity contribution in [3.8, 4) is 0 Å². The van der Waals surface area contributed by atoms with Crippen molar-refractivity contribution in [1.29, 1.82) is 0 Å². The quantitative estimate of drug-likeness (QED) is 0.725. The second kappa shape index (κ2) is 4.55. The van der Waals surface area contributed by atoms with E-state index < -0.39 is 0 Å². The van der Waals surface area contributed by atoms with Crippen molar-refractivity contribution in [2.24, 2.45) is 7.05 Å². The van der Waals surface area contributed by atoms with E-state index in [0.717, 1.165) is 32.2 Å². The molecule has 0 saturated carbocycles. The molecule has 0 spiro atoms. The molecule has 1 aromatic carbocycles. The summed E-state index contributed by atoms with van der Waals surface area (Å²) in [5.41, 5.74) is 7.71. The fourth-order valence-corrected chi connectivity index (χ4v) is 2.78. The maximum absolute atomic E-state index is 6.00. The molecule has 96 valence electrons. The summed E-state index contributed by atoms with van der Waals surface area (Å²) in [6.07, 6.45) is 3.51. The fraction of sp³-hybridized carbons (Fsp3) is 0.154. The SMILES string of the molecule is Cc1cc2c(Sc3nncn3C)ccc(N)c2cn1. The van der Waals surface area contributed by atoms with E-state index in [2.05, 4.69) is 15.2 Å². The van der Waals surface area contributed by atoms with Crippen LogP contribution in [0.25, 0.3) is 10.8 Å². The molecule has 19 heavy (non-hydrogen) atoms. The van der Waals surface area contributed by atoms with E-state index in [1.54, 1.807) is 18.1 Å². The summed E-state index contributed by atoms with van der Waals surface area (Å²) < 4.78 is 1.89. The smallest absolute Gasteiger partial charge is 0.195 e. The van der Waals surface area contributed by atoms with Gasteiger partial charge in [-0.3, -0.25) is 4.98 Å². The van der Waals surface area contributed by atoms with Crippen LogP contribution in [0.4, 0.5) is 5.69 Å². The predicted octanol–water partition coefficient (Wildman–Crippen LogP) is 2.41. The number of pyridine rings is 1. The van der Waals surface area contributed by atoms with Gasteiger partial charge in [0.1, 0.15) is 6.33 Å². The van der Waals surface area contributed by atoms with Gasteiger partial charge in [0, 0.05) is 40.3 Å². The Hall–Kier alpha value is -2.08. The highest BCUT2D eigenvalue weighted by atomic mass is 32.2. The summed E-state index contributed by atoms with van der Waals surface area (Å²) in [7, 11) is 1.93. The van der Waals surface area contributed by atoms with Crippen LogP contribution in [0.5, 0.6) is 0 Å². The van der Waals surface area contributed by atoms with Crippen LogP contribution in [0, 0.1) is 6.92 Å². The molecular formula is C13H13N5S. The first-order chi connectivity index (χ1) is 9.15. The van der Waals surface area contributed by atoms with Gasteiger partial charge in [0.15, 0.2) is 5.16 Å². The lowest BCUT2D eigenvalue weighted by Gasteiger charge is -2.08. The molecule has 0 bridgehead atoms. The Morgan fingerprint density at radius 1 is 1.26 bits per heavy atom. The van der Waals surface area contributed by atoms with Crippen molar-refractivity contribution in [3.63, 3.8) is 0 Å². The van der Waals surface area contributed by atoms with Crippen LogP contribution < -0.4 is 5.73 Å². The Balaban J connectivity index is 2.16. The molecule has 3 aromatic rings. The first-order valence-corrected chi connectivity index (χ1v) is 6.63. The molecule has 0 amide bonds. The number of fused-ring (bicyclic) bond motifs is 1. The topological polar surface area (TPSA) is 69.6 Å². The summed E-state index contributed by atoms with van der Waals surface area (Å²) in [5.74, 6) is 0. The standard InChI is InChI=1S/C13H13N5S/c1-8-5-9-10(6-15-8)11(14)3-4-12(9)19-13-17-16-7-18(13)2/h3-7H,14H2,1-2H3. The fourth-order valence-electron chi connectivity index (χ4n) is 1.89. The first kappa shape index (κ1) is 12.0. The second-order valence-electron chi connectivity index (χ2n) is 4.35. The number of nitrogens with two attached hydrogens (primary N) is 1. The van der Waals surface area contributed by atoms with Crippen LogP contribution in [-0.2, 0) is 7.05 Å². The second-order valence-corrected chi connectivity index (χ2v) is 5.36. The van der Waals surface area contributed by atoms with E-state index in [1.165, 1.54) is 0 Å². The third kappa shape index (κ3) is 2.15. The number of hydrogen-bond donors (Lipinski definition) is 1. The molecule has 2 heterocycles. The number of nitrogen functional groups attached to an aromatic ring is 1. The molecule has 0 fully saturated rings. The van der Waals surface area contributed by atoms with Gasteiger partial charge >= 0.3 is 0 Å². The van der Waals surface area contributed by atoms with Crippen LogP contribution in [0.1, 0.15) is 5.69 Å². The van der Waals surface area contributed by atoms with Gasteiger partial charge in [-0.2, -0.15) is 0 Å². The van der Waals surface area contributed by atoms with Crippen LogP contribution in [0.15, 0.2) is 40.8 Å². The van der Waals surface area contributed by atoms with Crippen molar-refractivity contribution in [2.45, 2.75) is 17.0 Å². The zero-order valence-electron chi connectivity index (χ0n) is 10.7. The molecule has 6 heteroatoms. The first-order valence-electron chi connectivity index (χ1n) is 5.82. The highest BCUT2D eigenvalue weighted by Crippen LogP contribution is 2.34. The van der Waals surface area contributed by atoms with Gasteiger partial charge in [0.05, 0.1) is 0 Å². The highest BCUT2D eigenvalue weighted by Gasteiger charge is 2.09. The highest BCUT2D eigenvalue weighted by molar-refractivity contribution is 7.99. The minimum Gasteiger partial charge on any atom is -0.398 e. The Labute approximate surface area is 114 Å². The van der Waals surface area contributed by atoms with Gasteiger partial charge in [-0.25, -0.2) is 0 Å². The molecule has 0 aliphatic carbocycles. The maximum atomic E-state index is 6.00. The predicted molar refractivity (Wildman–Crippen MR) is 76.0 cm³/mol.